The van der Waals surface area contributed by atoms with Gasteiger partial charge in [0.25, 0.3) is 5.69 Å². The Kier molecular flexibility index (Phi) is 7.06. The SMILES string of the molecule is CCOCCOc1ccc(Nc2ncc(F)c(Nc3ccc([N+](=O)[O-])cc3)n2)cc1. The van der Waals surface area contributed by atoms with Gasteiger partial charge in [-0.3, -0.25) is 10.1 Å². The highest BCUT2D eigenvalue weighted by molar-refractivity contribution is 5.61. The first kappa shape index (κ1) is 20.9. The zero-order chi connectivity index (χ0) is 21.3. The molecule has 0 aliphatic rings. The van der Waals surface area contributed by atoms with Crippen LogP contribution >= 0.6 is 0 Å². The number of rotatable bonds is 10. The fourth-order valence-corrected chi connectivity index (χ4v) is 2.44. The second-order valence-corrected chi connectivity index (χ2v) is 6.01. The van der Waals surface area contributed by atoms with Crippen molar-refractivity contribution >= 4 is 28.8 Å². The second-order valence-electron chi connectivity index (χ2n) is 6.01. The van der Waals surface area contributed by atoms with Crippen LogP contribution in [0.15, 0.2) is 54.7 Å². The Labute approximate surface area is 172 Å². The Hall–Kier alpha value is -3.79. The molecule has 0 fully saturated rings. The van der Waals surface area contributed by atoms with E-state index in [1.165, 1.54) is 24.3 Å². The molecule has 0 saturated heterocycles. The van der Waals surface area contributed by atoms with E-state index >= 15 is 0 Å². The molecule has 0 amide bonds. The topological polar surface area (TPSA) is 111 Å². The number of nitro groups is 1. The van der Waals surface area contributed by atoms with Gasteiger partial charge in [-0.15, -0.1) is 0 Å². The summed E-state index contributed by atoms with van der Waals surface area (Å²) in [6.45, 7) is 3.54. The molecule has 0 radical (unpaired) electrons. The Bertz CT molecular complexity index is 983. The Morgan fingerprint density at radius 3 is 2.37 bits per heavy atom. The molecule has 0 saturated carbocycles. The molecule has 0 bridgehead atoms. The summed E-state index contributed by atoms with van der Waals surface area (Å²) in [5.74, 6) is 0.167. The van der Waals surface area contributed by atoms with Gasteiger partial charge in [-0.05, 0) is 43.3 Å². The lowest BCUT2D eigenvalue weighted by molar-refractivity contribution is -0.384. The van der Waals surface area contributed by atoms with E-state index in [0.29, 0.717) is 36.9 Å². The van der Waals surface area contributed by atoms with Crippen LogP contribution in [0.25, 0.3) is 0 Å². The highest BCUT2D eigenvalue weighted by Gasteiger charge is 2.10. The van der Waals surface area contributed by atoms with E-state index in [0.717, 1.165) is 6.20 Å². The van der Waals surface area contributed by atoms with E-state index in [-0.39, 0.29) is 17.5 Å². The molecule has 30 heavy (non-hydrogen) atoms. The van der Waals surface area contributed by atoms with E-state index in [1.54, 1.807) is 24.3 Å². The summed E-state index contributed by atoms with van der Waals surface area (Å²) in [6.07, 6.45) is 1.04. The van der Waals surface area contributed by atoms with Crippen molar-refractivity contribution in [2.45, 2.75) is 6.92 Å². The second kappa shape index (κ2) is 10.1. The summed E-state index contributed by atoms with van der Waals surface area (Å²) in [5.41, 5.74) is 1.09. The van der Waals surface area contributed by atoms with Crippen LogP contribution in [0.3, 0.4) is 0 Å². The predicted molar refractivity (Wildman–Crippen MR) is 110 cm³/mol. The number of nitrogens with one attached hydrogen (secondary N) is 2. The van der Waals surface area contributed by atoms with Gasteiger partial charge in [-0.1, -0.05) is 0 Å². The van der Waals surface area contributed by atoms with Crippen molar-refractivity contribution in [1.29, 1.82) is 0 Å². The highest BCUT2D eigenvalue weighted by atomic mass is 19.1. The third-order valence-corrected chi connectivity index (χ3v) is 3.90. The van der Waals surface area contributed by atoms with Gasteiger partial charge < -0.3 is 20.1 Å². The highest BCUT2D eigenvalue weighted by Crippen LogP contribution is 2.23. The van der Waals surface area contributed by atoms with E-state index in [1.807, 2.05) is 6.92 Å². The number of halogens is 1. The molecule has 3 rings (SSSR count). The maximum Gasteiger partial charge on any atom is 0.269 e. The van der Waals surface area contributed by atoms with Crippen molar-refractivity contribution in [3.05, 3.63) is 70.7 Å². The van der Waals surface area contributed by atoms with Crippen molar-refractivity contribution in [3.63, 3.8) is 0 Å². The number of nitro benzene ring substituents is 1. The maximum absolute atomic E-state index is 14.1. The lowest BCUT2D eigenvalue weighted by Crippen LogP contribution is -2.06. The minimum Gasteiger partial charge on any atom is -0.491 e. The van der Waals surface area contributed by atoms with Gasteiger partial charge in [0.05, 0.1) is 17.7 Å². The third kappa shape index (κ3) is 5.85. The molecule has 2 aromatic carbocycles. The number of nitrogens with zero attached hydrogens (tertiary/aromatic N) is 3. The lowest BCUT2D eigenvalue weighted by Gasteiger charge is -2.10. The average molecular weight is 413 g/mol. The minimum absolute atomic E-state index is 0.0581. The number of hydrogen-bond donors (Lipinski definition) is 2. The van der Waals surface area contributed by atoms with Crippen molar-refractivity contribution in [2.75, 3.05) is 30.5 Å². The Balaban J connectivity index is 1.64. The third-order valence-electron chi connectivity index (χ3n) is 3.90. The average Bonchev–Trinajstić information content (AvgIpc) is 2.75. The van der Waals surface area contributed by atoms with Gasteiger partial charge in [0.1, 0.15) is 12.4 Å². The lowest BCUT2D eigenvalue weighted by atomic mass is 10.3. The van der Waals surface area contributed by atoms with Gasteiger partial charge >= 0.3 is 0 Å². The molecule has 2 N–H and O–H groups in total. The fraction of sp³-hybridized carbons (Fsp3) is 0.200. The van der Waals surface area contributed by atoms with Crippen LogP contribution in [0.2, 0.25) is 0 Å². The zero-order valence-corrected chi connectivity index (χ0v) is 16.2. The zero-order valence-electron chi connectivity index (χ0n) is 16.2. The summed E-state index contributed by atoms with van der Waals surface area (Å²) in [4.78, 5) is 18.3. The summed E-state index contributed by atoms with van der Waals surface area (Å²) < 4.78 is 24.8. The van der Waals surface area contributed by atoms with Crippen molar-refractivity contribution in [2.24, 2.45) is 0 Å². The molecule has 0 atom stereocenters. The molecule has 0 aliphatic heterocycles. The molecule has 10 heteroatoms. The number of hydrogen-bond acceptors (Lipinski definition) is 8. The molecule has 0 aliphatic carbocycles. The standard InChI is InChI=1S/C20H20FN5O4/c1-2-29-11-12-30-17-9-5-15(6-10-17)24-20-22-13-18(21)19(25-20)23-14-3-7-16(8-4-14)26(27)28/h3-10,13H,2,11-12H2,1H3,(H2,22,23,24,25). The molecule has 3 aromatic rings. The van der Waals surface area contributed by atoms with E-state index in [2.05, 4.69) is 20.6 Å². The van der Waals surface area contributed by atoms with Gasteiger partial charge in [-0.2, -0.15) is 4.98 Å². The van der Waals surface area contributed by atoms with Crippen molar-refractivity contribution in [3.8, 4) is 5.75 Å². The molecule has 156 valence electrons. The number of ether oxygens (including phenoxy) is 2. The Morgan fingerprint density at radius 1 is 1.03 bits per heavy atom. The van der Waals surface area contributed by atoms with Gasteiger partial charge in [0.2, 0.25) is 5.95 Å². The van der Waals surface area contributed by atoms with Crippen LogP contribution in [-0.2, 0) is 4.74 Å². The predicted octanol–water partition coefficient (Wildman–Crippen LogP) is 4.43. The van der Waals surface area contributed by atoms with Gasteiger partial charge in [0, 0.05) is 30.1 Å². The summed E-state index contributed by atoms with van der Waals surface area (Å²) in [7, 11) is 0. The molecule has 1 aromatic heterocycles. The largest absolute Gasteiger partial charge is 0.491 e. The fourth-order valence-electron chi connectivity index (χ4n) is 2.44. The molecule has 1 heterocycles. The number of non-ortho nitro benzene ring substituents is 1. The van der Waals surface area contributed by atoms with Crippen molar-refractivity contribution < 1.29 is 18.8 Å². The van der Waals surface area contributed by atoms with Gasteiger partial charge in [0.15, 0.2) is 11.6 Å². The minimum atomic E-state index is -0.656. The van der Waals surface area contributed by atoms with Crippen LogP contribution in [0.4, 0.5) is 33.2 Å². The van der Waals surface area contributed by atoms with E-state index < -0.39 is 10.7 Å². The smallest absolute Gasteiger partial charge is 0.269 e. The van der Waals surface area contributed by atoms with Crippen LogP contribution in [-0.4, -0.2) is 34.7 Å². The first-order chi connectivity index (χ1) is 14.5. The van der Waals surface area contributed by atoms with Gasteiger partial charge in [-0.25, -0.2) is 9.37 Å². The summed E-state index contributed by atoms with van der Waals surface area (Å²) in [5, 5.41) is 16.5. The number of benzene rings is 2. The molecule has 0 unspecified atom stereocenters. The van der Waals surface area contributed by atoms with Crippen LogP contribution < -0.4 is 15.4 Å². The Morgan fingerprint density at radius 2 is 1.70 bits per heavy atom. The molecular formula is C20H20FN5O4. The number of anilines is 4. The monoisotopic (exact) mass is 413 g/mol. The van der Waals surface area contributed by atoms with Crippen LogP contribution in [0.1, 0.15) is 6.92 Å². The normalized spacial score (nSPS) is 10.5. The summed E-state index contributed by atoms with van der Waals surface area (Å²) in [6, 6.07) is 12.7. The first-order valence-corrected chi connectivity index (χ1v) is 9.17. The quantitative estimate of drug-likeness (QED) is 0.285. The van der Waals surface area contributed by atoms with Crippen LogP contribution in [0, 0.1) is 15.9 Å². The number of aromatic nitrogens is 2. The van der Waals surface area contributed by atoms with Crippen LogP contribution in [0.5, 0.6) is 5.75 Å². The molecule has 9 nitrogen and oxygen atoms in total. The molecular weight excluding hydrogens is 393 g/mol. The molecule has 0 spiro atoms. The maximum atomic E-state index is 14.1. The van der Waals surface area contributed by atoms with E-state index in [9.17, 15) is 14.5 Å². The van der Waals surface area contributed by atoms with Crippen molar-refractivity contribution in [1.82, 2.24) is 9.97 Å². The first-order valence-electron chi connectivity index (χ1n) is 9.17. The van der Waals surface area contributed by atoms with E-state index in [4.69, 9.17) is 9.47 Å². The summed E-state index contributed by atoms with van der Waals surface area (Å²) >= 11 is 0.